The molecule has 2 bridgehead atoms. The Morgan fingerprint density at radius 2 is 1.82 bits per heavy atom. The average Bonchev–Trinajstić information content (AvgIpc) is 3.53. The molecular weight excluding hydrogens is 724 g/mol. The molecule has 4 fully saturated rings. The van der Waals surface area contributed by atoms with Crippen molar-refractivity contribution in [1.29, 1.82) is 0 Å². The quantitative estimate of drug-likeness (QED) is 0.0914. The van der Waals surface area contributed by atoms with Crippen LogP contribution >= 0.6 is 0 Å². The summed E-state index contributed by atoms with van der Waals surface area (Å²) in [5.41, 5.74) is 12.7. The van der Waals surface area contributed by atoms with Crippen molar-refractivity contribution >= 4 is 17.5 Å². The van der Waals surface area contributed by atoms with Crippen LogP contribution in [0, 0.1) is 34.9 Å². The molecule has 2 amide bonds. The maximum atomic E-state index is 16.9. The number of nitrogens with zero attached hydrogens (tertiary/aromatic N) is 6. The van der Waals surface area contributed by atoms with E-state index in [1.165, 1.54) is 5.06 Å². The van der Waals surface area contributed by atoms with Gasteiger partial charge < -0.3 is 25.5 Å². The number of aliphatic hydroxyl groups excluding tert-OH is 1. The maximum absolute atomic E-state index is 16.9. The smallest absolute Gasteiger partial charge is 0.251 e. The van der Waals surface area contributed by atoms with Crippen molar-refractivity contribution in [1.82, 2.24) is 20.6 Å². The van der Waals surface area contributed by atoms with Gasteiger partial charge in [0.1, 0.15) is 11.9 Å². The molecule has 3 aromatic rings. The van der Waals surface area contributed by atoms with Gasteiger partial charge in [-0.1, -0.05) is 74.4 Å². The summed E-state index contributed by atoms with van der Waals surface area (Å²) in [5.74, 6) is -0.516. The molecule has 3 aromatic carbocycles. The van der Waals surface area contributed by atoms with Crippen molar-refractivity contribution < 1.29 is 23.9 Å². The Morgan fingerprint density at radius 1 is 1.09 bits per heavy atom. The van der Waals surface area contributed by atoms with E-state index in [1.807, 2.05) is 74.4 Å². The van der Waals surface area contributed by atoms with E-state index >= 15 is 4.39 Å². The number of halogens is 1. The van der Waals surface area contributed by atoms with Gasteiger partial charge in [0.25, 0.3) is 5.91 Å². The summed E-state index contributed by atoms with van der Waals surface area (Å²) >= 11 is 0. The van der Waals surface area contributed by atoms with Crippen molar-refractivity contribution in [2.75, 3.05) is 46.2 Å². The Balaban J connectivity index is 1.28. The number of hydrogen-bond acceptors (Lipinski definition) is 8. The first kappa shape index (κ1) is 42.1. The number of aliphatic hydroxyl groups is 1. The predicted molar refractivity (Wildman–Crippen MR) is 221 cm³/mol. The number of rotatable bonds is 15. The fraction of sp³-hybridized carbons (Fsp3) is 0.545. The summed E-state index contributed by atoms with van der Waals surface area (Å²) in [4.78, 5) is 41.3. The number of carbonyl (C=O) groups is 2. The third kappa shape index (κ3) is 9.13. The molecule has 3 saturated carbocycles. The number of azide groups is 1. The van der Waals surface area contributed by atoms with Crippen molar-refractivity contribution in [3.8, 4) is 11.1 Å². The molecule has 9 atom stereocenters. The fourth-order valence-electron chi connectivity index (χ4n) is 9.62. The Kier molecular flexibility index (Phi) is 13.0. The summed E-state index contributed by atoms with van der Waals surface area (Å²) in [6.07, 6.45) is 0.902. The monoisotopic (exact) mass is 782 g/mol. The second-order valence-corrected chi connectivity index (χ2v) is 17.5. The van der Waals surface area contributed by atoms with Crippen molar-refractivity contribution in [3.63, 3.8) is 0 Å². The number of fused-ring (bicyclic) bond motifs is 2. The Bertz CT molecular complexity index is 1950. The van der Waals surface area contributed by atoms with E-state index in [2.05, 4.69) is 41.4 Å². The molecule has 13 heteroatoms. The highest BCUT2D eigenvalue weighted by atomic mass is 19.1. The minimum atomic E-state index is -0.986. The molecule has 3 aliphatic carbocycles. The standard InChI is InChI=1S/C44H59FN8O4/c1-26-36-21-32(44(36,3)4)22-37(26)49-43(56)41-39(27(2)54)38(23-47-50-46)57-53(41)24-29-15-12-16-35(40(29)45)30-18-31(20-34(19-30)52(7)8)42(55)48-33(25-51(5)6)17-28-13-10-9-11-14-28/h9-16,18-20,26-27,32-33,36-39,41,54H,17,21-25H2,1-8H3,(H,48,55)(H,49,56)/t26-,27-,32-,33-,36+,37-,38-,39+,41-/m0/s1. The highest BCUT2D eigenvalue weighted by molar-refractivity contribution is 5.97. The van der Waals surface area contributed by atoms with E-state index in [4.69, 9.17) is 10.4 Å². The largest absolute Gasteiger partial charge is 0.393 e. The van der Waals surface area contributed by atoms with Crippen LogP contribution in [0.4, 0.5) is 10.1 Å². The van der Waals surface area contributed by atoms with Gasteiger partial charge in [-0.15, -0.1) is 0 Å². The maximum Gasteiger partial charge on any atom is 0.251 e. The van der Waals surface area contributed by atoms with Gasteiger partial charge in [0.2, 0.25) is 5.91 Å². The normalized spacial score (nSPS) is 26.2. The average molecular weight is 783 g/mol. The summed E-state index contributed by atoms with van der Waals surface area (Å²) < 4.78 is 16.9. The molecule has 7 rings (SSSR count). The Hall–Kier alpha value is -4.52. The molecule has 0 aromatic heterocycles. The number of likely N-dealkylation sites (N-methyl/N-ethyl adjacent to an activating group) is 1. The molecule has 4 aliphatic rings. The zero-order valence-electron chi connectivity index (χ0n) is 34.5. The highest BCUT2D eigenvalue weighted by Crippen LogP contribution is 2.61. The van der Waals surface area contributed by atoms with Crippen LogP contribution in [0.5, 0.6) is 0 Å². The zero-order chi connectivity index (χ0) is 41.2. The lowest BCUT2D eigenvalue weighted by atomic mass is 9.45. The van der Waals surface area contributed by atoms with E-state index in [1.54, 1.807) is 37.3 Å². The Morgan fingerprint density at radius 3 is 2.46 bits per heavy atom. The summed E-state index contributed by atoms with van der Waals surface area (Å²) in [5, 5.41) is 22.7. The van der Waals surface area contributed by atoms with Gasteiger partial charge in [0.15, 0.2) is 0 Å². The molecule has 0 spiro atoms. The van der Waals surface area contributed by atoms with Gasteiger partial charge in [-0.3, -0.25) is 14.4 Å². The minimum absolute atomic E-state index is 0.0334. The van der Waals surface area contributed by atoms with Crippen LogP contribution in [0.15, 0.2) is 71.8 Å². The van der Waals surface area contributed by atoms with Crippen LogP contribution in [-0.4, -0.2) is 98.5 Å². The molecule has 3 N–H and O–H groups in total. The Labute approximate surface area is 336 Å². The first-order valence-electron chi connectivity index (χ1n) is 20.1. The molecule has 12 nitrogen and oxygen atoms in total. The van der Waals surface area contributed by atoms with Gasteiger partial charge in [-0.05, 0) is 98.3 Å². The van der Waals surface area contributed by atoms with E-state index in [9.17, 15) is 14.7 Å². The van der Waals surface area contributed by atoms with E-state index in [0.717, 1.165) is 24.1 Å². The molecule has 306 valence electrons. The molecule has 0 unspecified atom stereocenters. The SMILES string of the molecule is C[C@@H]1[C@@H](NC(=O)[C@@H]2[C@H]([C@H](C)O)[C@H](CN=[N+]=[N-])ON2Cc2cccc(-c3cc(C(=O)N[C@@H](Cc4ccccc4)CN(C)C)cc(N(C)C)c3)c2F)C[C@@H]2C[C@H]1C2(C)C. The first-order valence-corrected chi connectivity index (χ1v) is 20.1. The van der Waals surface area contributed by atoms with E-state index in [-0.39, 0.29) is 59.4 Å². The molecule has 1 saturated heterocycles. The predicted octanol–water partition coefficient (Wildman–Crippen LogP) is 6.44. The van der Waals surface area contributed by atoms with Crippen LogP contribution in [0.1, 0.15) is 62.0 Å². The molecule has 1 aliphatic heterocycles. The number of carbonyl (C=O) groups excluding carboxylic acids is 2. The van der Waals surface area contributed by atoms with Crippen LogP contribution < -0.4 is 15.5 Å². The second kappa shape index (κ2) is 17.5. The number of benzene rings is 3. The van der Waals surface area contributed by atoms with Crippen LogP contribution in [0.3, 0.4) is 0 Å². The number of hydrogen-bond donors (Lipinski definition) is 3. The fourth-order valence-corrected chi connectivity index (χ4v) is 9.62. The van der Waals surface area contributed by atoms with Gasteiger partial charge in [-0.2, -0.15) is 5.06 Å². The van der Waals surface area contributed by atoms with Crippen molar-refractivity contribution in [2.45, 2.75) is 83.8 Å². The van der Waals surface area contributed by atoms with E-state index in [0.29, 0.717) is 35.9 Å². The van der Waals surface area contributed by atoms with Crippen molar-refractivity contribution in [3.05, 3.63) is 99.7 Å². The number of anilines is 1. The molecule has 57 heavy (non-hydrogen) atoms. The van der Waals surface area contributed by atoms with Crippen LogP contribution in [0.2, 0.25) is 0 Å². The number of nitrogens with one attached hydrogen (secondary N) is 2. The molecular formula is C44H59FN8O4. The lowest BCUT2D eigenvalue weighted by molar-refractivity contribution is -0.176. The lowest BCUT2D eigenvalue weighted by Crippen LogP contribution is -2.62. The third-order valence-corrected chi connectivity index (χ3v) is 12.9. The minimum Gasteiger partial charge on any atom is -0.393 e. The highest BCUT2D eigenvalue weighted by Gasteiger charge is 2.57. The lowest BCUT2D eigenvalue weighted by Gasteiger charge is -2.62. The second-order valence-electron chi connectivity index (χ2n) is 17.5. The van der Waals surface area contributed by atoms with Crippen LogP contribution in [-0.2, 0) is 22.6 Å². The van der Waals surface area contributed by atoms with Crippen molar-refractivity contribution in [2.24, 2.45) is 34.2 Å². The van der Waals surface area contributed by atoms with Gasteiger partial charge in [0.05, 0.1) is 25.3 Å². The van der Waals surface area contributed by atoms with E-state index < -0.39 is 30.0 Å². The van der Waals surface area contributed by atoms with Gasteiger partial charge in [0, 0.05) is 65.9 Å². The first-order chi connectivity index (χ1) is 27.1. The number of amides is 2. The molecule has 0 radical (unpaired) electrons. The van der Waals surface area contributed by atoms with Crippen LogP contribution in [0.25, 0.3) is 21.6 Å². The zero-order valence-corrected chi connectivity index (χ0v) is 34.5. The summed E-state index contributed by atoms with van der Waals surface area (Å²) in [6.45, 7) is 8.82. The number of hydroxylamine groups is 2. The van der Waals surface area contributed by atoms with Gasteiger partial charge in [-0.25, -0.2) is 4.39 Å². The molecule has 1 heterocycles. The topological polar surface area (TPSA) is 146 Å². The summed E-state index contributed by atoms with van der Waals surface area (Å²) in [6, 6.07) is 19.3. The third-order valence-electron chi connectivity index (χ3n) is 12.9. The summed E-state index contributed by atoms with van der Waals surface area (Å²) in [7, 11) is 7.68. The van der Waals surface area contributed by atoms with Gasteiger partial charge >= 0.3 is 0 Å².